The Labute approximate surface area is 161 Å². The Hall–Kier alpha value is -2.98. The van der Waals surface area contributed by atoms with Crippen LogP contribution in [0.15, 0.2) is 53.4 Å². The first-order chi connectivity index (χ1) is 13.2. The van der Waals surface area contributed by atoms with Crippen LogP contribution in [0.4, 0.5) is 4.39 Å². The van der Waals surface area contributed by atoms with Crippen molar-refractivity contribution in [1.82, 2.24) is 4.31 Å². The van der Waals surface area contributed by atoms with Crippen LogP contribution >= 0.6 is 0 Å². The molecule has 28 heavy (non-hydrogen) atoms. The summed E-state index contributed by atoms with van der Waals surface area (Å²) in [5.74, 6) is -1.58. The van der Waals surface area contributed by atoms with Gasteiger partial charge in [0.2, 0.25) is 10.0 Å². The highest BCUT2D eigenvalue weighted by Gasteiger charge is 2.23. The van der Waals surface area contributed by atoms with Crippen molar-refractivity contribution in [3.8, 4) is 5.75 Å². The molecule has 2 rings (SSSR count). The molecule has 0 unspecified atom stereocenters. The summed E-state index contributed by atoms with van der Waals surface area (Å²) in [4.78, 5) is 22.6. The number of nitrogens with two attached hydrogens (primary N) is 1. The number of amides is 1. The van der Waals surface area contributed by atoms with Gasteiger partial charge in [-0.25, -0.2) is 12.8 Å². The van der Waals surface area contributed by atoms with Gasteiger partial charge in [0, 0.05) is 7.05 Å². The molecule has 0 aliphatic carbocycles. The Morgan fingerprint density at radius 3 is 2.46 bits per heavy atom. The lowest BCUT2D eigenvalue weighted by Crippen LogP contribution is -2.33. The van der Waals surface area contributed by atoms with E-state index in [1.54, 1.807) is 24.3 Å². The lowest BCUT2D eigenvalue weighted by molar-refractivity contribution is -0.144. The van der Waals surface area contributed by atoms with Gasteiger partial charge >= 0.3 is 5.97 Å². The van der Waals surface area contributed by atoms with Gasteiger partial charge in [-0.15, -0.1) is 0 Å². The molecule has 1 amide bonds. The molecule has 0 bridgehead atoms. The maximum atomic E-state index is 12.9. The number of sulfonamides is 1. The third-order valence-corrected chi connectivity index (χ3v) is 5.37. The summed E-state index contributed by atoms with van der Waals surface area (Å²) in [5, 5.41) is 0. The summed E-state index contributed by atoms with van der Waals surface area (Å²) in [7, 11) is -2.73. The number of halogens is 1. The number of carbonyl (C=O) groups excluding carboxylic acids is 2. The molecule has 150 valence electrons. The topological polar surface area (TPSA) is 116 Å². The summed E-state index contributed by atoms with van der Waals surface area (Å²) in [6.07, 6.45) is 0. The molecule has 10 heteroatoms. The second-order valence-corrected chi connectivity index (χ2v) is 7.82. The zero-order chi connectivity index (χ0) is 20.7. The number of esters is 1. The van der Waals surface area contributed by atoms with Crippen molar-refractivity contribution >= 4 is 21.9 Å². The summed E-state index contributed by atoms with van der Waals surface area (Å²) in [6.45, 7) is -0.913. The minimum absolute atomic E-state index is 0.114. The van der Waals surface area contributed by atoms with E-state index in [1.165, 1.54) is 7.05 Å². The van der Waals surface area contributed by atoms with E-state index in [4.69, 9.17) is 15.2 Å². The normalized spacial score (nSPS) is 11.2. The van der Waals surface area contributed by atoms with Gasteiger partial charge in [0.25, 0.3) is 5.91 Å². The molecule has 0 aromatic heterocycles. The van der Waals surface area contributed by atoms with E-state index in [1.807, 2.05) is 0 Å². The molecule has 0 aliphatic rings. The lowest BCUT2D eigenvalue weighted by atomic mass is 10.2. The van der Waals surface area contributed by atoms with E-state index in [9.17, 15) is 22.4 Å². The predicted octanol–water partition coefficient (Wildman–Crippen LogP) is 1.05. The molecule has 0 aliphatic heterocycles. The van der Waals surface area contributed by atoms with Crippen LogP contribution in [0, 0.1) is 5.82 Å². The van der Waals surface area contributed by atoms with Gasteiger partial charge in [-0.3, -0.25) is 9.59 Å². The van der Waals surface area contributed by atoms with E-state index in [2.05, 4.69) is 0 Å². The maximum Gasteiger partial charge on any atom is 0.321 e. The van der Waals surface area contributed by atoms with Crippen LogP contribution in [-0.4, -0.2) is 44.8 Å². The fourth-order valence-corrected chi connectivity index (χ4v) is 3.26. The largest absolute Gasteiger partial charge is 0.484 e. The molecular formula is C18H19FN2O6S. The van der Waals surface area contributed by atoms with Gasteiger partial charge in [-0.1, -0.05) is 12.1 Å². The third-order valence-electron chi connectivity index (χ3n) is 3.55. The zero-order valence-electron chi connectivity index (χ0n) is 15.0. The average molecular weight is 410 g/mol. The molecule has 0 spiro atoms. The van der Waals surface area contributed by atoms with Gasteiger partial charge < -0.3 is 15.2 Å². The van der Waals surface area contributed by atoms with Crippen molar-refractivity contribution in [2.45, 2.75) is 11.5 Å². The Balaban J connectivity index is 1.92. The van der Waals surface area contributed by atoms with E-state index in [-0.39, 0.29) is 18.1 Å². The van der Waals surface area contributed by atoms with Gasteiger partial charge in [0.15, 0.2) is 6.61 Å². The van der Waals surface area contributed by atoms with Crippen LogP contribution in [0.2, 0.25) is 0 Å². The van der Waals surface area contributed by atoms with Gasteiger partial charge in [-0.2, -0.15) is 4.31 Å². The molecular weight excluding hydrogens is 391 g/mol. The number of primary amides is 1. The Morgan fingerprint density at radius 2 is 1.82 bits per heavy atom. The number of rotatable bonds is 9. The molecule has 8 nitrogen and oxygen atoms in total. The highest BCUT2D eigenvalue weighted by atomic mass is 32.2. The molecule has 0 saturated carbocycles. The molecule has 2 N–H and O–H groups in total. The Bertz CT molecular complexity index is 947. The van der Waals surface area contributed by atoms with Gasteiger partial charge in [0.1, 0.15) is 24.7 Å². The quantitative estimate of drug-likeness (QED) is 0.618. The number of hydrogen-bond acceptors (Lipinski definition) is 6. The minimum Gasteiger partial charge on any atom is -0.484 e. The summed E-state index contributed by atoms with van der Waals surface area (Å²) >= 11 is 0. The minimum atomic E-state index is -3.95. The van der Waals surface area contributed by atoms with Crippen LogP contribution in [0.5, 0.6) is 5.75 Å². The first kappa shape index (κ1) is 21.3. The summed E-state index contributed by atoms with van der Waals surface area (Å²) in [6, 6.07) is 10.8. The first-order valence-electron chi connectivity index (χ1n) is 8.06. The van der Waals surface area contributed by atoms with Crippen molar-refractivity contribution in [3.05, 3.63) is 59.9 Å². The highest BCUT2D eigenvalue weighted by molar-refractivity contribution is 7.89. The predicted molar refractivity (Wildman–Crippen MR) is 97.1 cm³/mol. The zero-order valence-corrected chi connectivity index (χ0v) is 15.8. The summed E-state index contributed by atoms with van der Waals surface area (Å²) in [5.41, 5.74) is 5.58. The van der Waals surface area contributed by atoms with Crippen LogP contribution in [0.25, 0.3) is 0 Å². The lowest BCUT2D eigenvalue weighted by Gasteiger charge is -2.16. The second-order valence-electron chi connectivity index (χ2n) is 5.78. The van der Waals surface area contributed by atoms with E-state index in [0.29, 0.717) is 11.3 Å². The van der Waals surface area contributed by atoms with Crippen molar-refractivity contribution in [3.63, 3.8) is 0 Å². The standard InChI is InChI=1S/C18H19FN2O6S/c1-21(28(24,25)16-7-5-14(19)6-8-16)10-18(23)27-11-13-3-2-4-15(9-13)26-12-17(20)22/h2-9H,10-12H2,1H3,(H2,20,22). The van der Waals surface area contributed by atoms with Crippen LogP contribution in [-0.2, 0) is 31.0 Å². The maximum absolute atomic E-state index is 12.9. The highest BCUT2D eigenvalue weighted by Crippen LogP contribution is 2.16. The third kappa shape index (κ3) is 6.03. The van der Waals surface area contributed by atoms with E-state index >= 15 is 0 Å². The van der Waals surface area contributed by atoms with Crippen molar-refractivity contribution in [2.75, 3.05) is 20.2 Å². The van der Waals surface area contributed by atoms with E-state index in [0.717, 1.165) is 28.6 Å². The monoisotopic (exact) mass is 410 g/mol. The van der Waals surface area contributed by atoms with Gasteiger partial charge in [-0.05, 0) is 42.0 Å². The SMILES string of the molecule is CN(CC(=O)OCc1cccc(OCC(N)=O)c1)S(=O)(=O)c1ccc(F)cc1. The number of hydrogen-bond donors (Lipinski definition) is 1. The molecule has 0 atom stereocenters. The number of likely N-dealkylation sites (N-methyl/N-ethyl adjacent to an activating group) is 1. The number of nitrogens with zero attached hydrogens (tertiary/aromatic N) is 1. The average Bonchev–Trinajstić information content (AvgIpc) is 2.65. The first-order valence-corrected chi connectivity index (χ1v) is 9.50. The van der Waals surface area contributed by atoms with Crippen molar-refractivity contribution in [1.29, 1.82) is 0 Å². The molecule has 2 aromatic rings. The number of ether oxygens (including phenoxy) is 2. The van der Waals surface area contributed by atoms with Crippen molar-refractivity contribution in [2.24, 2.45) is 5.73 Å². The Kier molecular flexibility index (Phi) is 7.07. The van der Waals surface area contributed by atoms with Crippen LogP contribution < -0.4 is 10.5 Å². The Morgan fingerprint density at radius 1 is 1.14 bits per heavy atom. The van der Waals surface area contributed by atoms with Crippen LogP contribution in [0.1, 0.15) is 5.56 Å². The smallest absolute Gasteiger partial charge is 0.321 e. The molecule has 0 heterocycles. The fraction of sp³-hybridized carbons (Fsp3) is 0.222. The number of carbonyl (C=O) groups is 2. The van der Waals surface area contributed by atoms with Crippen molar-refractivity contribution < 1.29 is 31.9 Å². The van der Waals surface area contributed by atoms with Crippen LogP contribution in [0.3, 0.4) is 0 Å². The second kappa shape index (κ2) is 9.29. The van der Waals surface area contributed by atoms with Gasteiger partial charge in [0.05, 0.1) is 4.90 Å². The van der Waals surface area contributed by atoms with E-state index < -0.39 is 34.3 Å². The fourth-order valence-electron chi connectivity index (χ4n) is 2.14. The molecule has 0 saturated heterocycles. The summed E-state index contributed by atoms with van der Waals surface area (Å²) < 4.78 is 48.7. The molecule has 0 radical (unpaired) electrons. The molecule has 2 aromatic carbocycles. The number of benzene rings is 2. The molecule has 0 fully saturated rings.